The van der Waals surface area contributed by atoms with E-state index in [1.54, 1.807) is 24.3 Å². The summed E-state index contributed by atoms with van der Waals surface area (Å²) in [6.07, 6.45) is 1.57. The molecule has 1 aromatic carbocycles. The molecule has 1 N–H and O–H groups in total. The number of alkyl halides is 1. The van der Waals surface area contributed by atoms with Gasteiger partial charge in [0.05, 0.1) is 10.6 Å². The van der Waals surface area contributed by atoms with E-state index in [1.165, 1.54) is 0 Å². The van der Waals surface area contributed by atoms with Crippen molar-refractivity contribution in [3.63, 3.8) is 0 Å². The van der Waals surface area contributed by atoms with E-state index in [9.17, 15) is 4.79 Å². The molecule has 0 aliphatic heterocycles. The lowest BCUT2D eigenvalue weighted by Crippen LogP contribution is -2.45. The molecule has 2 nitrogen and oxygen atoms in total. The van der Waals surface area contributed by atoms with Gasteiger partial charge >= 0.3 is 0 Å². The van der Waals surface area contributed by atoms with Crippen LogP contribution in [0.15, 0.2) is 24.3 Å². The summed E-state index contributed by atoms with van der Waals surface area (Å²) < 4.78 is 0. The standard InChI is InChI=1S/C13H17Cl2NO/c1-3-13(2,8-9-14)16-12(17)10-6-4-5-7-11(10)15/h4-7H,3,8-9H2,1-2H3,(H,16,17). The number of rotatable bonds is 5. The van der Waals surface area contributed by atoms with E-state index in [2.05, 4.69) is 5.32 Å². The Kier molecular flexibility index (Phi) is 5.29. The van der Waals surface area contributed by atoms with Crippen molar-refractivity contribution in [3.05, 3.63) is 34.9 Å². The zero-order valence-corrected chi connectivity index (χ0v) is 11.6. The van der Waals surface area contributed by atoms with Crippen molar-refractivity contribution in [1.82, 2.24) is 5.32 Å². The van der Waals surface area contributed by atoms with E-state index in [0.717, 1.165) is 12.8 Å². The van der Waals surface area contributed by atoms with E-state index in [4.69, 9.17) is 23.2 Å². The highest BCUT2D eigenvalue weighted by molar-refractivity contribution is 6.33. The predicted octanol–water partition coefficient (Wildman–Crippen LogP) is 3.87. The summed E-state index contributed by atoms with van der Waals surface area (Å²) in [6, 6.07) is 7.03. The van der Waals surface area contributed by atoms with Gasteiger partial charge in [0.15, 0.2) is 0 Å². The van der Waals surface area contributed by atoms with Crippen LogP contribution < -0.4 is 5.32 Å². The number of amides is 1. The summed E-state index contributed by atoms with van der Waals surface area (Å²) in [5.41, 5.74) is 0.223. The minimum atomic E-state index is -0.280. The van der Waals surface area contributed by atoms with Crippen molar-refractivity contribution < 1.29 is 4.79 Å². The maximum absolute atomic E-state index is 12.1. The molecule has 17 heavy (non-hydrogen) atoms. The molecule has 1 unspecified atom stereocenters. The fourth-order valence-electron chi connectivity index (χ4n) is 1.52. The fourth-order valence-corrected chi connectivity index (χ4v) is 2.16. The molecule has 0 aliphatic rings. The maximum Gasteiger partial charge on any atom is 0.253 e. The van der Waals surface area contributed by atoms with Crippen LogP contribution in [-0.4, -0.2) is 17.3 Å². The molecule has 1 amide bonds. The summed E-state index contributed by atoms with van der Waals surface area (Å²) in [7, 11) is 0. The minimum absolute atomic E-state index is 0.148. The number of carbonyl (C=O) groups is 1. The van der Waals surface area contributed by atoms with Gasteiger partial charge in [-0.1, -0.05) is 30.7 Å². The molecule has 94 valence electrons. The molecular formula is C13H17Cl2NO. The molecule has 0 radical (unpaired) electrons. The second-order valence-electron chi connectivity index (χ2n) is 4.29. The molecule has 0 aromatic heterocycles. The Bertz CT molecular complexity index is 395. The van der Waals surface area contributed by atoms with Crippen LogP contribution in [0.5, 0.6) is 0 Å². The molecule has 0 spiro atoms. The van der Waals surface area contributed by atoms with Crippen LogP contribution in [0.1, 0.15) is 37.0 Å². The number of hydrogen-bond donors (Lipinski definition) is 1. The van der Waals surface area contributed by atoms with E-state index >= 15 is 0 Å². The quantitative estimate of drug-likeness (QED) is 0.811. The van der Waals surface area contributed by atoms with E-state index < -0.39 is 0 Å². The molecule has 0 saturated heterocycles. The van der Waals surface area contributed by atoms with Crippen LogP contribution in [0.2, 0.25) is 5.02 Å². The third kappa shape index (κ3) is 3.90. The molecule has 4 heteroatoms. The van der Waals surface area contributed by atoms with E-state index in [0.29, 0.717) is 16.5 Å². The Labute approximate surface area is 112 Å². The Morgan fingerprint density at radius 2 is 2.06 bits per heavy atom. The summed E-state index contributed by atoms with van der Waals surface area (Å²) in [6.45, 7) is 4.02. The highest BCUT2D eigenvalue weighted by Gasteiger charge is 2.24. The van der Waals surface area contributed by atoms with Crippen LogP contribution in [0.3, 0.4) is 0 Å². The van der Waals surface area contributed by atoms with Gasteiger partial charge in [-0.2, -0.15) is 0 Å². The molecule has 0 aliphatic carbocycles. The van der Waals surface area contributed by atoms with E-state index in [1.807, 2.05) is 13.8 Å². The summed E-state index contributed by atoms with van der Waals surface area (Å²) in [5.74, 6) is 0.373. The van der Waals surface area contributed by atoms with Crippen LogP contribution in [0.4, 0.5) is 0 Å². The number of nitrogens with one attached hydrogen (secondary N) is 1. The molecule has 1 rings (SSSR count). The van der Waals surface area contributed by atoms with Gasteiger partial charge in [0.25, 0.3) is 5.91 Å². The van der Waals surface area contributed by atoms with Crippen LogP contribution in [-0.2, 0) is 0 Å². The van der Waals surface area contributed by atoms with Crippen molar-refractivity contribution >= 4 is 29.1 Å². The first-order chi connectivity index (χ1) is 8.02. The van der Waals surface area contributed by atoms with Crippen LogP contribution in [0.25, 0.3) is 0 Å². The molecular weight excluding hydrogens is 257 g/mol. The first-order valence-corrected chi connectivity index (χ1v) is 6.56. The minimum Gasteiger partial charge on any atom is -0.347 e. The monoisotopic (exact) mass is 273 g/mol. The lowest BCUT2D eigenvalue weighted by molar-refractivity contribution is 0.0901. The normalized spacial score (nSPS) is 14.1. The Hall–Kier alpha value is -0.730. The second-order valence-corrected chi connectivity index (χ2v) is 5.07. The Balaban J connectivity index is 2.82. The van der Waals surface area contributed by atoms with Gasteiger partial charge in [-0.05, 0) is 31.9 Å². The predicted molar refractivity (Wildman–Crippen MR) is 73.0 cm³/mol. The van der Waals surface area contributed by atoms with Crippen molar-refractivity contribution in [2.45, 2.75) is 32.2 Å². The third-order valence-corrected chi connectivity index (χ3v) is 3.48. The molecule has 0 bridgehead atoms. The SMILES string of the molecule is CCC(C)(CCCl)NC(=O)c1ccccc1Cl. The number of carbonyl (C=O) groups excluding carboxylic acids is 1. The number of hydrogen-bond acceptors (Lipinski definition) is 1. The van der Waals surface area contributed by atoms with Gasteiger partial charge in [0.1, 0.15) is 0 Å². The van der Waals surface area contributed by atoms with Crippen molar-refractivity contribution in [1.29, 1.82) is 0 Å². The molecule has 0 saturated carbocycles. The average Bonchev–Trinajstić information content (AvgIpc) is 2.29. The summed E-state index contributed by atoms with van der Waals surface area (Å²) >= 11 is 11.7. The zero-order chi connectivity index (χ0) is 12.9. The lowest BCUT2D eigenvalue weighted by atomic mass is 9.95. The zero-order valence-electron chi connectivity index (χ0n) is 10.1. The van der Waals surface area contributed by atoms with Crippen LogP contribution >= 0.6 is 23.2 Å². The number of benzene rings is 1. The first kappa shape index (κ1) is 14.3. The van der Waals surface area contributed by atoms with Gasteiger partial charge < -0.3 is 5.32 Å². The third-order valence-electron chi connectivity index (χ3n) is 2.96. The van der Waals surface area contributed by atoms with Gasteiger partial charge in [-0.3, -0.25) is 4.79 Å². The summed E-state index contributed by atoms with van der Waals surface area (Å²) in [4.78, 5) is 12.1. The lowest BCUT2D eigenvalue weighted by Gasteiger charge is -2.29. The van der Waals surface area contributed by atoms with Gasteiger partial charge in [0.2, 0.25) is 0 Å². The van der Waals surface area contributed by atoms with Gasteiger partial charge in [-0.15, -0.1) is 11.6 Å². The maximum atomic E-state index is 12.1. The first-order valence-electron chi connectivity index (χ1n) is 5.65. The summed E-state index contributed by atoms with van der Waals surface area (Å²) in [5, 5.41) is 3.46. The van der Waals surface area contributed by atoms with Gasteiger partial charge in [0, 0.05) is 11.4 Å². The highest BCUT2D eigenvalue weighted by atomic mass is 35.5. The van der Waals surface area contributed by atoms with Crippen LogP contribution in [0, 0.1) is 0 Å². The Morgan fingerprint density at radius 3 is 2.59 bits per heavy atom. The molecule has 1 aromatic rings. The molecule has 1 atom stereocenters. The van der Waals surface area contributed by atoms with E-state index in [-0.39, 0.29) is 11.4 Å². The largest absolute Gasteiger partial charge is 0.347 e. The van der Waals surface area contributed by atoms with Gasteiger partial charge in [-0.25, -0.2) is 0 Å². The smallest absolute Gasteiger partial charge is 0.253 e. The molecule has 0 fully saturated rings. The van der Waals surface area contributed by atoms with Crippen molar-refractivity contribution in [2.75, 3.05) is 5.88 Å². The average molecular weight is 274 g/mol. The fraction of sp³-hybridized carbons (Fsp3) is 0.462. The highest BCUT2D eigenvalue weighted by Crippen LogP contribution is 2.19. The topological polar surface area (TPSA) is 29.1 Å². The molecule has 0 heterocycles. The second kappa shape index (κ2) is 6.27. The number of halogens is 2. The Morgan fingerprint density at radius 1 is 1.41 bits per heavy atom. The van der Waals surface area contributed by atoms with Crippen molar-refractivity contribution in [3.8, 4) is 0 Å². The van der Waals surface area contributed by atoms with Crippen molar-refractivity contribution in [2.24, 2.45) is 0 Å².